The Morgan fingerprint density at radius 3 is 2.03 bits per heavy atom. The van der Waals surface area contributed by atoms with Crippen molar-refractivity contribution in [2.24, 2.45) is 5.92 Å². The van der Waals surface area contributed by atoms with Gasteiger partial charge in [0.25, 0.3) is 11.8 Å². The van der Waals surface area contributed by atoms with Gasteiger partial charge in [0.2, 0.25) is 11.8 Å². The maximum absolute atomic E-state index is 12.4. The SMILES string of the molecule is CC(C)C(N[C-]=O)C(=O)N[C@@H](C)C(=O)Nc1ccc(CON2C(=O)c3ccccc3C2=O)cc1.[Fm]. The Hall–Kier alpha value is -5.05. The van der Waals surface area contributed by atoms with Gasteiger partial charge in [-0.1, -0.05) is 38.1 Å². The molecule has 1 unspecified atom stereocenters. The van der Waals surface area contributed by atoms with E-state index in [0.29, 0.717) is 22.4 Å². The zero-order chi connectivity index (χ0) is 24.8. The van der Waals surface area contributed by atoms with Crippen LogP contribution in [-0.2, 0) is 25.8 Å². The summed E-state index contributed by atoms with van der Waals surface area (Å²) in [5.74, 6) is -2.13. The number of hydrogen-bond donors (Lipinski definition) is 3. The zero-order valence-corrected chi connectivity index (χ0v) is 21.6. The molecule has 10 nitrogen and oxygen atoms in total. The number of nitrogens with zero attached hydrogens (tertiary/aromatic N) is 1. The first-order chi connectivity index (χ1) is 16.2. The Balaban J connectivity index is 0.00000432. The van der Waals surface area contributed by atoms with Crippen LogP contribution in [0.25, 0.3) is 0 Å². The van der Waals surface area contributed by atoms with Crippen molar-refractivity contribution in [2.75, 3.05) is 5.32 Å². The molecule has 0 fully saturated rings. The summed E-state index contributed by atoms with van der Waals surface area (Å²) in [6.45, 7) is 5.03. The van der Waals surface area contributed by atoms with Gasteiger partial charge < -0.3 is 20.7 Å². The van der Waals surface area contributed by atoms with Gasteiger partial charge in [0.15, 0.2) is 0 Å². The summed E-state index contributed by atoms with van der Waals surface area (Å²) in [6, 6.07) is 11.5. The molecule has 0 bridgehead atoms. The molecule has 0 saturated carbocycles. The second-order valence-corrected chi connectivity index (χ2v) is 8.11. The Bertz CT molecular complexity index is 1070. The molecule has 0 saturated heterocycles. The molecule has 190 valence electrons. The van der Waals surface area contributed by atoms with Gasteiger partial charge in [0, 0.05) is 5.69 Å². The van der Waals surface area contributed by atoms with Crippen molar-refractivity contribution < 1.29 is 28.8 Å². The number of rotatable bonds is 10. The third-order valence-electron chi connectivity index (χ3n) is 5.25. The van der Waals surface area contributed by atoms with Crippen LogP contribution in [0.2, 0.25) is 0 Å². The van der Waals surface area contributed by atoms with Crippen molar-refractivity contribution in [1.82, 2.24) is 15.7 Å². The fourth-order valence-corrected chi connectivity index (χ4v) is 3.33. The first kappa shape index (κ1) is 26.2. The van der Waals surface area contributed by atoms with Crippen molar-refractivity contribution in [2.45, 2.75) is 39.5 Å². The van der Waals surface area contributed by atoms with E-state index in [0.717, 1.165) is 5.06 Å². The number of carbonyl (C=O) groups excluding carboxylic acids is 5. The second-order valence-electron chi connectivity index (χ2n) is 8.11. The average Bonchev–Trinajstić information content (AvgIpc) is 3.06. The van der Waals surface area contributed by atoms with Gasteiger partial charge in [-0.25, -0.2) is 0 Å². The van der Waals surface area contributed by atoms with Crippen LogP contribution in [0.1, 0.15) is 47.1 Å². The molecule has 0 aliphatic carbocycles. The summed E-state index contributed by atoms with van der Waals surface area (Å²) in [6.07, 6.45) is 1.50. The predicted octanol–water partition coefficient (Wildman–Crippen LogP) is 1.54. The van der Waals surface area contributed by atoms with E-state index in [2.05, 4.69) is 16.0 Å². The fraction of sp³-hybridized carbons (Fsp3) is 0.292. The molecular weight excluding hydrogens is 697 g/mol. The number of hydrogen-bond acceptors (Lipinski definition) is 6. The molecule has 35 heavy (non-hydrogen) atoms. The van der Waals surface area contributed by atoms with Crippen LogP contribution in [-0.4, -0.2) is 47.2 Å². The number of imide groups is 1. The van der Waals surface area contributed by atoms with Crippen LogP contribution in [0.4, 0.5) is 5.69 Å². The molecule has 1 aliphatic rings. The second kappa shape index (κ2) is 11.2. The minimum absolute atomic E-state index is 0. The quantitative estimate of drug-likeness (QED) is 0.194. The van der Waals surface area contributed by atoms with Crippen LogP contribution < -0.4 is 16.0 Å². The van der Waals surface area contributed by atoms with Gasteiger partial charge in [-0.3, -0.25) is 24.0 Å². The minimum atomic E-state index is -0.848. The zero-order valence-electron chi connectivity index (χ0n) is 19.2. The Morgan fingerprint density at radius 1 is 0.943 bits per heavy atom. The normalized spacial score (nSPS) is 14.0. The number of anilines is 1. The predicted molar refractivity (Wildman–Crippen MR) is 122 cm³/mol. The first-order valence-corrected chi connectivity index (χ1v) is 10.7. The van der Waals surface area contributed by atoms with E-state index in [9.17, 15) is 24.0 Å². The summed E-state index contributed by atoms with van der Waals surface area (Å²) < 4.78 is 0. The van der Waals surface area contributed by atoms with Gasteiger partial charge in [-0.15, -0.1) is 5.06 Å². The smallest absolute Gasteiger partial charge is 0.285 e. The van der Waals surface area contributed by atoms with Gasteiger partial charge in [-0.2, -0.15) is 6.41 Å². The molecule has 5 amide bonds. The van der Waals surface area contributed by atoms with E-state index in [1.807, 2.05) is 0 Å². The van der Waals surface area contributed by atoms with Crippen molar-refractivity contribution in [1.29, 1.82) is 0 Å². The van der Waals surface area contributed by atoms with E-state index in [1.54, 1.807) is 62.4 Å². The molecule has 3 rings (SSSR count). The van der Waals surface area contributed by atoms with Gasteiger partial charge in [0.1, 0.15) is 12.6 Å². The monoisotopic (exact) mass is 722 g/mol. The van der Waals surface area contributed by atoms with E-state index < -0.39 is 35.7 Å². The Morgan fingerprint density at radius 2 is 1.51 bits per heavy atom. The largest absolute Gasteiger partial charge is 0.520 e. The molecule has 11 heteroatoms. The molecule has 2 aromatic carbocycles. The number of carbonyl (C=O) groups is 4. The third-order valence-corrected chi connectivity index (χ3v) is 5.25. The number of hydroxylamine groups is 2. The maximum Gasteiger partial charge on any atom is 0.285 e. The van der Waals surface area contributed by atoms with Crippen molar-refractivity contribution in [3.05, 3.63) is 65.2 Å². The van der Waals surface area contributed by atoms with Gasteiger partial charge in [0.05, 0.1) is 17.2 Å². The Labute approximate surface area is 196 Å². The maximum atomic E-state index is 12.4. The van der Waals surface area contributed by atoms with Gasteiger partial charge >= 0.3 is 0 Å². The van der Waals surface area contributed by atoms with E-state index in [4.69, 9.17) is 4.84 Å². The summed E-state index contributed by atoms with van der Waals surface area (Å²) >= 11 is 0. The third kappa shape index (κ3) is 5.85. The molecule has 0 aromatic heterocycles. The van der Waals surface area contributed by atoms with Crippen LogP contribution >= 0.6 is 0 Å². The standard InChI is InChI=1S/C24H25N4O6.Fm/c1-14(2)20(25-13-29)22(31)26-15(3)21(30)27-17-10-8-16(9-11-17)12-34-28-23(32)18-6-4-5-7-19(18)24(28)33;/h4-11,14-15,20H,12H2,1-3H3,(H,25,29)(H,26,31)(H,27,30);/q-1;/t15-,20?;/m0./s1. The first-order valence-electron chi connectivity index (χ1n) is 10.7. The molecule has 1 aliphatic heterocycles. The van der Waals surface area contributed by atoms with Crippen LogP contribution in [0.15, 0.2) is 48.5 Å². The average molecular weight is 722 g/mol. The van der Waals surface area contributed by atoms with E-state index >= 15 is 0 Å². The fourth-order valence-electron chi connectivity index (χ4n) is 3.33. The van der Waals surface area contributed by atoms with Gasteiger partial charge in [-0.05, 0) is 42.7 Å². The van der Waals surface area contributed by atoms with E-state index in [-0.39, 0.29) is 12.5 Å². The molecule has 3 N–H and O–H groups in total. The van der Waals surface area contributed by atoms with E-state index in [1.165, 1.54) is 13.3 Å². The van der Waals surface area contributed by atoms with Crippen LogP contribution in [0.3, 0.4) is 0 Å². The van der Waals surface area contributed by atoms with Crippen LogP contribution in [0.5, 0.6) is 0 Å². The summed E-state index contributed by atoms with van der Waals surface area (Å²) in [7, 11) is 0. The molecule has 1 heterocycles. The topological polar surface area (TPSA) is 134 Å². The van der Waals surface area contributed by atoms with Crippen molar-refractivity contribution >= 4 is 35.7 Å². The minimum Gasteiger partial charge on any atom is -0.520 e. The number of amides is 5. The summed E-state index contributed by atoms with van der Waals surface area (Å²) in [4.78, 5) is 65.4. The van der Waals surface area contributed by atoms with Crippen molar-refractivity contribution in [3.8, 4) is 0 Å². The summed E-state index contributed by atoms with van der Waals surface area (Å²) in [5.41, 5.74) is 1.75. The molecule has 2 atom stereocenters. The number of benzene rings is 2. The molecule has 2 aromatic rings. The number of fused-ring (bicyclic) bond motifs is 1. The molecule has 0 spiro atoms. The van der Waals surface area contributed by atoms with Crippen molar-refractivity contribution in [3.63, 3.8) is 0 Å². The van der Waals surface area contributed by atoms with Crippen LogP contribution in [0, 0.1) is 5.92 Å². The molecule has 0 radical (unpaired) electrons. The summed E-state index contributed by atoms with van der Waals surface area (Å²) in [5, 5.41) is 8.31. The Kier molecular flexibility index (Phi) is 8.38. The number of nitrogens with one attached hydrogen (secondary N) is 3. The molecular formula is C24H25FmN4O6-.